The summed E-state index contributed by atoms with van der Waals surface area (Å²) in [5, 5.41) is 13.6. The van der Waals surface area contributed by atoms with Crippen molar-refractivity contribution < 1.29 is 19.2 Å². The molecule has 0 aliphatic heterocycles. The van der Waals surface area contributed by atoms with Crippen LogP contribution in [-0.2, 0) is 9.53 Å². The second-order valence-electron chi connectivity index (χ2n) is 14.0. The van der Waals surface area contributed by atoms with Gasteiger partial charge >= 0.3 is 0 Å². The number of hydrogen-bond donors (Lipinski definition) is 0. The molecule has 0 heterocycles. The van der Waals surface area contributed by atoms with Gasteiger partial charge in [0.05, 0.1) is 6.10 Å². The van der Waals surface area contributed by atoms with Crippen molar-refractivity contribution in [3.63, 3.8) is 0 Å². The van der Waals surface area contributed by atoms with E-state index in [1.807, 2.05) is 36.4 Å². The van der Waals surface area contributed by atoms with Crippen molar-refractivity contribution in [2.24, 2.45) is 5.92 Å². The van der Waals surface area contributed by atoms with E-state index in [1.165, 1.54) is 47.2 Å². The Kier molecular flexibility index (Phi) is 12.1. The zero-order valence-corrected chi connectivity index (χ0v) is 31.3. The van der Waals surface area contributed by atoms with Gasteiger partial charge < -0.3 is 14.7 Å². The third-order valence-electron chi connectivity index (χ3n) is 10.3. The van der Waals surface area contributed by atoms with Crippen LogP contribution in [-0.4, -0.2) is 42.4 Å². The maximum absolute atomic E-state index is 13.6. The minimum Gasteiger partial charge on any atom is -0.871 e. The van der Waals surface area contributed by atoms with E-state index in [4.69, 9.17) is 4.74 Å². The summed E-state index contributed by atoms with van der Waals surface area (Å²) < 4.78 is 8.16. The minimum atomic E-state index is -0.191. The Morgan fingerprint density at radius 1 is 0.800 bits per heavy atom. The molecule has 0 aromatic heterocycles. The molecule has 0 amide bonds. The molecule has 2 unspecified atom stereocenters. The summed E-state index contributed by atoms with van der Waals surface area (Å²) in [7, 11) is 1.75. The van der Waals surface area contributed by atoms with E-state index in [0.717, 1.165) is 36.5 Å². The molecule has 0 saturated carbocycles. The van der Waals surface area contributed by atoms with Gasteiger partial charge in [0, 0.05) is 65.9 Å². The van der Waals surface area contributed by atoms with Gasteiger partial charge in [-0.3, -0.25) is 4.79 Å². The number of carbonyl (C=O) groups excluding carboxylic acids is 1. The SMILES string of the molecule is CCCCC(CC)C[N+](=C1C=CC(=C2C(=O)C(c3ccc(N(CC(CC)OC)c4ccc(C)cc4C)cc3)=C2[O-])C=C1)c1ccc(C)cc1C. The van der Waals surface area contributed by atoms with Crippen molar-refractivity contribution in [3.05, 3.63) is 130 Å². The van der Waals surface area contributed by atoms with Crippen molar-refractivity contribution in [1.82, 2.24) is 0 Å². The van der Waals surface area contributed by atoms with Gasteiger partial charge in [0.2, 0.25) is 11.4 Å². The number of unbranched alkanes of at least 4 members (excludes halogenated alkanes) is 1. The van der Waals surface area contributed by atoms with Crippen LogP contribution < -0.4 is 10.0 Å². The van der Waals surface area contributed by atoms with Crippen molar-refractivity contribution >= 4 is 34.1 Å². The highest BCUT2D eigenvalue weighted by atomic mass is 16.5. The predicted octanol–water partition coefficient (Wildman–Crippen LogP) is 9.56. The molecule has 2 atom stereocenters. The quantitative estimate of drug-likeness (QED) is 0.127. The maximum atomic E-state index is 13.6. The minimum absolute atomic E-state index is 0.0604. The summed E-state index contributed by atoms with van der Waals surface area (Å²) in [6, 6.07) is 20.9. The zero-order chi connectivity index (χ0) is 35.9. The molecule has 0 saturated heterocycles. The summed E-state index contributed by atoms with van der Waals surface area (Å²) in [4.78, 5) is 15.8. The number of aryl methyl sites for hydroxylation is 4. The fourth-order valence-electron chi connectivity index (χ4n) is 7.19. The zero-order valence-electron chi connectivity index (χ0n) is 31.3. The van der Waals surface area contributed by atoms with Crippen LogP contribution >= 0.6 is 0 Å². The molecule has 3 aromatic carbocycles. The van der Waals surface area contributed by atoms with Gasteiger partial charge in [0.15, 0.2) is 12.3 Å². The summed E-state index contributed by atoms with van der Waals surface area (Å²) in [6.07, 6.45) is 13.7. The topological polar surface area (TPSA) is 55.6 Å². The third-order valence-corrected chi connectivity index (χ3v) is 10.3. The van der Waals surface area contributed by atoms with Crippen molar-refractivity contribution in [3.8, 4) is 0 Å². The van der Waals surface area contributed by atoms with Crippen LogP contribution in [0.25, 0.3) is 5.57 Å². The number of Topliss-reactive ketones (excluding diaryl/α,β-unsaturated/α-hetero) is 1. The average molecular weight is 671 g/mol. The molecule has 0 fully saturated rings. The van der Waals surface area contributed by atoms with Crippen LogP contribution in [0, 0.1) is 33.6 Å². The molecular weight excluding hydrogens is 617 g/mol. The van der Waals surface area contributed by atoms with Crippen molar-refractivity contribution in [2.45, 2.75) is 86.7 Å². The maximum Gasteiger partial charge on any atom is 0.208 e. The van der Waals surface area contributed by atoms with Gasteiger partial charge in [-0.1, -0.05) is 80.8 Å². The number of allylic oxidation sites excluding steroid dienone is 7. The fraction of sp³-hybridized carbons (Fsp3) is 0.378. The van der Waals surface area contributed by atoms with Crippen LogP contribution in [0.4, 0.5) is 17.1 Å². The van der Waals surface area contributed by atoms with Gasteiger partial charge in [-0.05, 0) is 100 Å². The van der Waals surface area contributed by atoms with E-state index in [9.17, 15) is 9.90 Å². The molecule has 5 heteroatoms. The highest BCUT2D eigenvalue weighted by Gasteiger charge is 2.31. The molecule has 0 bridgehead atoms. The lowest BCUT2D eigenvalue weighted by Crippen LogP contribution is -2.31. The van der Waals surface area contributed by atoms with Crippen LogP contribution in [0.3, 0.4) is 0 Å². The predicted molar refractivity (Wildman–Crippen MR) is 207 cm³/mol. The Balaban J connectivity index is 1.44. The first-order chi connectivity index (χ1) is 24.1. The summed E-state index contributed by atoms with van der Waals surface area (Å²) in [5.41, 5.74) is 11.1. The van der Waals surface area contributed by atoms with E-state index in [-0.39, 0.29) is 28.8 Å². The highest BCUT2D eigenvalue weighted by Crippen LogP contribution is 2.39. The molecule has 0 spiro atoms. The Bertz CT molecular complexity index is 1850. The van der Waals surface area contributed by atoms with Crippen LogP contribution in [0.2, 0.25) is 0 Å². The van der Waals surface area contributed by atoms with Gasteiger partial charge in [-0.15, -0.1) is 0 Å². The number of benzene rings is 3. The van der Waals surface area contributed by atoms with Gasteiger partial charge in [0.1, 0.15) is 0 Å². The van der Waals surface area contributed by atoms with Crippen molar-refractivity contribution in [2.75, 3.05) is 25.1 Å². The third kappa shape index (κ3) is 7.94. The number of hydrogen-bond acceptors (Lipinski definition) is 4. The van der Waals surface area contributed by atoms with E-state index in [2.05, 4.69) is 106 Å². The van der Waals surface area contributed by atoms with E-state index >= 15 is 0 Å². The number of carbonyl (C=O) groups is 1. The Morgan fingerprint density at radius 3 is 2.02 bits per heavy atom. The molecule has 3 aromatic rings. The molecule has 50 heavy (non-hydrogen) atoms. The highest BCUT2D eigenvalue weighted by molar-refractivity contribution is 6.39. The number of nitrogens with zero attached hydrogens (tertiary/aromatic N) is 2. The van der Waals surface area contributed by atoms with Crippen molar-refractivity contribution in [1.29, 1.82) is 0 Å². The molecule has 5 nitrogen and oxygen atoms in total. The first kappa shape index (κ1) is 36.8. The summed E-state index contributed by atoms with van der Waals surface area (Å²) in [6.45, 7) is 16.8. The summed E-state index contributed by atoms with van der Waals surface area (Å²) in [5.74, 6) is 0.192. The molecule has 262 valence electrons. The number of methoxy groups -OCH3 is 1. The van der Waals surface area contributed by atoms with E-state index < -0.39 is 0 Å². The Morgan fingerprint density at radius 2 is 1.46 bits per heavy atom. The fourth-order valence-corrected chi connectivity index (χ4v) is 7.19. The summed E-state index contributed by atoms with van der Waals surface area (Å²) >= 11 is 0. The molecule has 5 rings (SSSR count). The normalized spacial score (nSPS) is 15.4. The Labute approximate surface area is 300 Å². The first-order valence-corrected chi connectivity index (χ1v) is 18.4. The molecule has 2 aliphatic rings. The van der Waals surface area contributed by atoms with Gasteiger partial charge in [0.25, 0.3) is 0 Å². The van der Waals surface area contributed by atoms with Gasteiger partial charge in [-0.25, -0.2) is 0 Å². The number of ketones is 1. The molecular formula is C45H54N2O3. The largest absolute Gasteiger partial charge is 0.871 e. The lowest BCUT2D eigenvalue weighted by molar-refractivity contribution is -0.449. The second-order valence-corrected chi connectivity index (χ2v) is 14.0. The first-order valence-electron chi connectivity index (χ1n) is 18.4. The smallest absolute Gasteiger partial charge is 0.208 e. The van der Waals surface area contributed by atoms with Crippen LogP contribution in [0.5, 0.6) is 0 Å². The van der Waals surface area contributed by atoms with Gasteiger partial charge in [-0.2, -0.15) is 4.58 Å². The molecule has 2 aliphatic carbocycles. The van der Waals surface area contributed by atoms with Crippen LogP contribution in [0.15, 0.2) is 102 Å². The standard InChI is InChI=1S/C45H54N2O3/c1-9-12-13-34(10-2)28-46(40-24-14-30(4)26-32(40)6)37-20-16-35(17-21-37)42-44(48)43(45(42)49)36-18-22-38(23-19-36)47(29-39(11-3)50-8)41-25-15-31(5)27-33(41)7/h14-27,34,39H,9-13,28-29H2,1-8H3. The monoisotopic (exact) mass is 670 g/mol. The number of ether oxygens (including phenoxy) is 1. The molecule has 0 N–H and O–H groups in total. The number of rotatable bonds is 14. The van der Waals surface area contributed by atoms with E-state index in [0.29, 0.717) is 23.6 Å². The second kappa shape index (κ2) is 16.5. The Hall–Kier alpha value is -4.48. The average Bonchev–Trinajstić information content (AvgIpc) is 3.11. The molecule has 0 radical (unpaired) electrons. The van der Waals surface area contributed by atoms with Crippen LogP contribution in [0.1, 0.15) is 80.7 Å². The lowest BCUT2D eigenvalue weighted by Gasteiger charge is -2.33. The lowest BCUT2D eigenvalue weighted by atomic mass is 9.80. The number of anilines is 2. The van der Waals surface area contributed by atoms with E-state index in [1.54, 1.807) is 7.11 Å².